The Bertz CT molecular complexity index is 707. The smallest absolute Gasteiger partial charge is 0.210 e. The zero-order chi connectivity index (χ0) is 11.3. The van der Waals surface area contributed by atoms with Gasteiger partial charge < -0.3 is 0 Å². The lowest BCUT2D eigenvalue weighted by Gasteiger charge is -2.04. The number of halogens is 2. The molecule has 0 saturated heterocycles. The van der Waals surface area contributed by atoms with Gasteiger partial charge in [-0.05, 0) is 58.8 Å². The van der Waals surface area contributed by atoms with Crippen molar-refractivity contribution in [1.82, 2.24) is 19.6 Å². The maximum absolute atomic E-state index is 6.06. The third-order valence-electron chi connectivity index (χ3n) is 2.40. The molecule has 80 valence electrons. The van der Waals surface area contributed by atoms with Gasteiger partial charge in [0.15, 0.2) is 5.65 Å². The molecule has 0 spiro atoms. The van der Waals surface area contributed by atoms with Crippen molar-refractivity contribution < 1.29 is 0 Å². The molecule has 2 heterocycles. The van der Waals surface area contributed by atoms with Gasteiger partial charge in [0, 0.05) is 8.96 Å². The van der Waals surface area contributed by atoms with E-state index < -0.39 is 0 Å². The summed E-state index contributed by atoms with van der Waals surface area (Å²) in [7, 11) is 0. The van der Waals surface area contributed by atoms with E-state index in [1.54, 1.807) is 10.7 Å². The average molecular weight is 345 g/mol. The number of benzene rings is 1. The molecule has 0 aliphatic heterocycles. The highest BCUT2D eigenvalue weighted by molar-refractivity contribution is 14.1. The summed E-state index contributed by atoms with van der Waals surface area (Å²) in [5.41, 5.74) is 2.79. The Morgan fingerprint density at radius 1 is 1.38 bits per heavy atom. The summed E-state index contributed by atoms with van der Waals surface area (Å²) in [6.07, 6.45) is 1.57. The van der Waals surface area contributed by atoms with Crippen LogP contribution >= 0.6 is 34.2 Å². The van der Waals surface area contributed by atoms with Gasteiger partial charge in [-0.3, -0.25) is 4.40 Å². The molecule has 0 N–H and O–H groups in total. The fourth-order valence-corrected chi connectivity index (χ4v) is 2.83. The van der Waals surface area contributed by atoms with Crippen molar-refractivity contribution in [3.05, 3.63) is 32.9 Å². The van der Waals surface area contributed by atoms with E-state index >= 15 is 0 Å². The summed E-state index contributed by atoms with van der Waals surface area (Å²) in [5, 5.41) is 9.29. The summed E-state index contributed by atoms with van der Waals surface area (Å²) >= 11 is 8.31. The van der Waals surface area contributed by atoms with Crippen molar-refractivity contribution in [2.75, 3.05) is 0 Å². The van der Waals surface area contributed by atoms with Crippen molar-refractivity contribution in [3.8, 4) is 0 Å². The van der Waals surface area contributed by atoms with Gasteiger partial charge in [0.1, 0.15) is 6.33 Å². The van der Waals surface area contributed by atoms with Gasteiger partial charge in [-0.2, -0.15) is 0 Å². The number of nitrogens with zero attached hydrogens (tertiary/aromatic N) is 4. The molecule has 16 heavy (non-hydrogen) atoms. The number of fused-ring (bicyclic) bond motifs is 3. The Balaban J connectivity index is 2.64. The second-order valence-corrected chi connectivity index (χ2v) is 5.05. The fourth-order valence-electron chi connectivity index (χ4n) is 1.72. The van der Waals surface area contributed by atoms with Gasteiger partial charge in [0.25, 0.3) is 0 Å². The number of hydrogen-bond donors (Lipinski definition) is 0. The summed E-state index contributed by atoms with van der Waals surface area (Å²) < 4.78 is 2.75. The number of aryl methyl sites for hydroxylation is 1. The van der Waals surface area contributed by atoms with E-state index in [0.29, 0.717) is 5.28 Å². The highest BCUT2D eigenvalue weighted by atomic mass is 127. The van der Waals surface area contributed by atoms with Crippen LogP contribution in [0, 0.1) is 10.5 Å². The van der Waals surface area contributed by atoms with Gasteiger partial charge >= 0.3 is 0 Å². The fraction of sp³-hybridized carbons (Fsp3) is 0.100. The number of aromatic nitrogens is 4. The van der Waals surface area contributed by atoms with Crippen LogP contribution in [0.15, 0.2) is 18.5 Å². The van der Waals surface area contributed by atoms with E-state index in [1.165, 1.54) is 5.56 Å². The Kier molecular flexibility index (Phi) is 2.25. The molecule has 0 atom stereocenters. The number of hydrogen-bond acceptors (Lipinski definition) is 3. The molecule has 0 fully saturated rings. The lowest BCUT2D eigenvalue weighted by molar-refractivity contribution is 1.08. The van der Waals surface area contributed by atoms with E-state index in [9.17, 15) is 0 Å². The Labute approximate surface area is 110 Å². The zero-order valence-electron chi connectivity index (χ0n) is 8.28. The molecule has 0 aliphatic rings. The summed E-state index contributed by atoms with van der Waals surface area (Å²) in [5.74, 6) is 0. The van der Waals surface area contributed by atoms with Gasteiger partial charge in [-0.15, -0.1) is 10.2 Å². The highest BCUT2D eigenvalue weighted by Crippen LogP contribution is 2.25. The van der Waals surface area contributed by atoms with Crippen LogP contribution in [-0.4, -0.2) is 19.6 Å². The van der Waals surface area contributed by atoms with E-state index in [1.807, 2.05) is 13.0 Å². The second kappa shape index (κ2) is 3.53. The molecule has 4 nitrogen and oxygen atoms in total. The molecule has 1 aromatic carbocycles. The van der Waals surface area contributed by atoms with Crippen molar-refractivity contribution in [2.45, 2.75) is 6.92 Å². The van der Waals surface area contributed by atoms with E-state index in [4.69, 9.17) is 11.6 Å². The predicted octanol–water partition coefficient (Wildman–Crippen LogP) is 2.84. The van der Waals surface area contributed by atoms with Crippen molar-refractivity contribution >= 4 is 50.7 Å². The van der Waals surface area contributed by atoms with Crippen LogP contribution in [0.4, 0.5) is 0 Å². The van der Waals surface area contributed by atoms with E-state index in [2.05, 4.69) is 43.8 Å². The third kappa shape index (κ3) is 1.38. The quantitative estimate of drug-likeness (QED) is 0.465. The van der Waals surface area contributed by atoms with Gasteiger partial charge in [0.05, 0.1) is 5.52 Å². The monoisotopic (exact) mass is 344 g/mol. The Hall–Kier alpha value is -0.950. The minimum absolute atomic E-state index is 0.384. The second-order valence-electron chi connectivity index (χ2n) is 3.55. The highest BCUT2D eigenvalue weighted by Gasteiger charge is 2.10. The van der Waals surface area contributed by atoms with Crippen LogP contribution in [0.5, 0.6) is 0 Å². The summed E-state index contributed by atoms with van der Waals surface area (Å²) in [6.45, 7) is 2.04. The summed E-state index contributed by atoms with van der Waals surface area (Å²) in [6, 6.07) is 4.12. The predicted molar refractivity (Wildman–Crippen MR) is 70.8 cm³/mol. The molecule has 6 heteroatoms. The van der Waals surface area contributed by atoms with Crippen LogP contribution in [0.3, 0.4) is 0 Å². The Morgan fingerprint density at radius 3 is 3.00 bits per heavy atom. The average Bonchev–Trinajstić information content (AvgIpc) is 2.69. The van der Waals surface area contributed by atoms with Crippen LogP contribution in [-0.2, 0) is 0 Å². The normalized spacial score (nSPS) is 11.4. The van der Waals surface area contributed by atoms with Crippen molar-refractivity contribution in [2.24, 2.45) is 0 Å². The molecule has 0 bridgehead atoms. The lowest BCUT2D eigenvalue weighted by atomic mass is 10.2. The molecular formula is C10H6ClIN4. The molecule has 3 aromatic rings. The van der Waals surface area contributed by atoms with Crippen LogP contribution in [0.25, 0.3) is 16.6 Å². The minimum atomic E-state index is 0.384. The summed E-state index contributed by atoms with van der Waals surface area (Å²) in [4.78, 5) is 4.36. The first kappa shape index (κ1) is 10.2. The first-order valence-corrected chi connectivity index (χ1v) is 6.07. The maximum Gasteiger partial charge on any atom is 0.210 e. The Morgan fingerprint density at radius 2 is 2.19 bits per heavy atom. The molecule has 0 radical (unpaired) electrons. The van der Waals surface area contributed by atoms with E-state index in [-0.39, 0.29) is 0 Å². The first-order chi connectivity index (χ1) is 7.66. The topological polar surface area (TPSA) is 43.1 Å². The van der Waals surface area contributed by atoms with Gasteiger partial charge in [-0.25, -0.2) is 4.98 Å². The van der Waals surface area contributed by atoms with Crippen LogP contribution in [0.1, 0.15) is 5.56 Å². The molecule has 2 aromatic heterocycles. The maximum atomic E-state index is 6.06. The van der Waals surface area contributed by atoms with E-state index in [0.717, 1.165) is 20.1 Å². The minimum Gasteiger partial charge on any atom is -0.255 e. The third-order valence-corrected chi connectivity index (χ3v) is 3.49. The van der Waals surface area contributed by atoms with Crippen molar-refractivity contribution in [3.63, 3.8) is 0 Å². The molecular weight excluding hydrogens is 338 g/mol. The molecule has 0 saturated carbocycles. The molecule has 0 aliphatic carbocycles. The van der Waals surface area contributed by atoms with Crippen LogP contribution in [0.2, 0.25) is 5.28 Å². The molecule has 0 amide bonds. The number of rotatable bonds is 0. The van der Waals surface area contributed by atoms with Crippen molar-refractivity contribution in [1.29, 1.82) is 0 Å². The lowest BCUT2D eigenvalue weighted by Crippen LogP contribution is -1.94. The molecule has 0 unspecified atom stereocenters. The van der Waals surface area contributed by atoms with Crippen LogP contribution < -0.4 is 0 Å². The van der Waals surface area contributed by atoms with Gasteiger partial charge in [-0.1, -0.05) is 0 Å². The standard InChI is InChI=1S/C10H6ClIN4/c1-5-2-6-8(7(12)3-5)14-10(11)16-4-13-15-9(6)16/h2-4H,1H3. The first-order valence-electron chi connectivity index (χ1n) is 4.62. The SMILES string of the molecule is Cc1cc(I)c2nc(Cl)n3cnnc3c2c1. The van der Waals surface area contributed by atoms with Gasteiger partial charge in [0.2, 0.25) is 5.28 Å². The molecule has 3 rings (SSSR count). The largest absolute Gasteiger partial charge is 0.255 e. The zero-order valence-corrected chi connectivity index (χ0v) is 11.2.